The van der Waals surface area contributed by atoms with E-state index in [-0.39, 0.29) is 5.82 Å². The Morgan fingerprint density at radius 3 is 2.79 bits per heavy atom. The van der Waals surface area contributed by atoms with Crippen LogP contribution in [0.2, 0.25) is 0 Å². The molecule has 1 unspecified atom stereocenters. The molecule has 19 heavy (non-hydrogen) atoms. The van der Waals surface area contributed by atoms with Crippen molar-refractivity contribution in [3.63, 3.8) is 0 Å². The summed E-state index contributed by atoms with van der Waals surface area (Å²) in [6.07, 6.45) is 1.99. The molecule has 0 heterocycles. The molecule has 1 aliphatic rings. The first kappa shape index (κ1) is 12.2. The summed E-state index contributed by atoms with van der Waals surface area (Å²) in [5, 5.41) is 3.60. The topological polar surface area (TPSA) is 12.0 Å². The SMILES string of the molecule is Cc1ccc(C)c(NC2CCc3cc(F)ccc32)c1. The van der Waals surface area contributed by atoms with Gasteiger partial charge in [0, 0.05) is 5.69 Å². The third-order valence-corrected chi connectivity index (χ3v) is 3.91. The van der Waals surface area contributed by atoms with Crippen LogP contribution in [0.25, 0.3) is 0 Å². The lowest BCUT2D eigenvalue weighted by Gasteiger charge is -2.18. The number of hydrogen-bond donors (Lipinski definition) is 1. The molecule has 2 heteroatoms. The molecule has 2 aromatic rings. The van der Waals surface area contributed by atoms with Crippen LogP contribution in [0.4, 0.5) is 10.1 Å². The van der Waals surface area contributed by atoms with Gasteiger partial charge in [0.2, 0.25) is 0 Å². The molecule has 0 radical (unpaired) electrons. The Morgan fingerprint density at radius 2 is 1.95 bits per heavy atom. The van der Waals surface area contributed by atoms with Crippen molar-refractivity contribution in [3.05, 3.63) is 64.5 Å². The fraction of sp³-hybridized carbons (Fsp3) is 0.294. The minimum atomic E-state index is -0.133. The van der Waals surface area contributed by atoms with Crippen LogP contribution < -0.4 is 5.32 Å². The quantitative estimate of drug-likeness (QED) is 0.830. The fourth-order valence-electron chi connectivity index (χ4n) is 2.82. The van der Waals surface area contributed by atoms with Crippen LogP contribution in [-0.4, -0.2) is 0 Å². The van der Waals surface area contributed by atoms with Crippen LogP contribution in [0.15, 0.2) is 36.4 Å². The highest BCUT2D eigenvalue weighted by molar-refractivity contribution is 5.55. The normalized spacial score (nSPS) is 17.3. The Labute approximate surface area is 113 Å². The fourth-order valence-corrected chi connectivity index (χ4v) is 2.82. The molecule has 2 aromatic carbocycles. The largest absolute Gasteiger partial charge is 0.378 e. The summed E-state index contributed by atoms with van der Waals surface area (Å²) in [5.74, 6) is -0.133. The lowest BCUT2D eigenvalue weighted by atomic mass is 10.1. The van der Waals surface area contributed by atoms with Gasteiger partial charge in [-0.1, -0.05) is 18.2 Å². The van der Waals surface area contributed by atoms with Gasteiger partial charge in [-0.05, 0) is 67.1 Å². The summed E-state index contributed by atoms with van der Waals surface area (Å²) in [6.45, 7) is 4.21. The molecule has 1 atom stereocenters. The highest BCUT2D eigenvalue weighted by Gasteiger charge is 2.22. The second-order valence-electron chi connectivity index (χ2n) is 5.40. The van der Waals surface area contributed by atoms with Gasteiger partial charge >= 0.3 is 0 Å². The number of fused-ring (bicyclic) bond motifs is 1. The molecule has 1 aliphatic carbocycles. The molecule has 0 saturated carbocycles. The standard InChI is InChI=1S/C17H18FN/c1-11-3-4-12(2)17(9-11)19-16-8-5-13-10-14(18)6-7-15(13)16/h3-4,6-7,9-10,16,19H,5,8H2,1-2H3. The second kappa shape index (κ2) is 4.69. The Kier molecular flexibility index (Phi) is 3.02. The molecule has 0 aromatic heterocycles. The minimum absolute atomic E-state index is 0.133. The minimum Gasteiger partial charge on any atom is -0.378 e. The van der Waals surface area contributed by atoms with Crippen molar-refractivity contribution in [2.75, 3.05) is 5.32 Å². The van der Waals surface area contributed by atoms with Gasteiger partial charge in [0.05, 0.1) is 6.04 Å². The van der Waals surface area contributed by atoms with Gasteiger partial charge in [0.1, 0.15) is 5.82 Å². The number of anilines is 1. The monoisotopic (exact) mass is 255 g/mol. The summed E-state index contributed by atoms with van der Waals surface area (Å²) in [5.41, 5.74) is 6.07. The molecule has 0 spiro atoms. The van der Waals surface area contributed by atoms with Crippen LogP contribution in [-0.2, 0) is 6.42 Å². The number of benzene rings is 2. The maximum Gasteiger partial charge on any atom is 0.123 e. The average Bonchev–Trinajstić information content (AvgIpc) is 2.76. The lowest BCUT2D eigenvalue weighted by Crippen LogP contribution is -2.08. The summed E-state index contributed by atoms with van der Waals surface area (Å²) >= 11 is 0. The van der Waals surface area contributed by atoms with Crippen LogP contribution in [0.3, 0.4) is 0 Å². The Balaban J connectivity index is 1.88. The van der Waals surface area contributed by atoms with Gasteiger partial charge in [-0.3, -0.25) is 0 Å². The maximum absolute atomic E-state index is 13.2. The van der Waals surface area contributed by atoms with Crippen LogP contribution in [0.5, 0.6) is 0 Å². The van der Waals surface area contributed by atoms with Gasteiger partial charge in [-0.25, -0.2) is 4.39 Å². The summed E-state index contributed by atoms with van der Waals surface area (Å²) < 4.78 is 13.2. The van der Waals surface area contributed by atoms with Gasteiger partial charge in [-0.2, -0.15) is 0 Å². The van der Waals surface area contributed by atoms with E-state index < -0.39 is 0 Å². The zero-order chi connectivity index (χ0) is 13.4. The van der Waals surface area contributed by atoms with Crippen molar-refractivity contribution in [2.24, 2.45) is 0 Å². The van der Waals surface area contributed by atoms with Crippen LogP contribution >= 0.6 is 0 Å². The van der Waals surface area contributed by atoms with Crippen molar-refractivity contribution in [1.82, 2.24) is 0 Å². The lowest BCUT2D eigenvalue weighted by molar-refractivity contribution is 0.626. The molecule has 0 fully saturated rings. The van der Waals surface area contributed by atoms with Crippen molar-refractivity contribution in [1.29, 1.82) is 0 Å². The first-order valence-corrected chi connectivity index (χ1v) is 6.75. The molecule has 0 amide bonds. The molecule has 0 saturated heterocycles. The maximum atomic E-state index is 13.2. The van der Waals surface area contributed by atoms with Crippen LogP contribution in [0.1, 0.15) is 34.7 Å². The van der Waals surface area contributed by atoms with E-state index in [1.807, 2.05) is 6.07 Å². The molecule has 0 bridgehead atoms. The molecule has 98 valence electrons. The first-order chi connectivity index (χ1) is 9.13. The molecule has 3 rings (SSSR count). The van der Waals surface area contributed by atoms with Gasteiger partial charge in [-0.15, -0.1) is 0 Å². The molecular formula is C17H18FN. The Hall–Kier alpha value is -1.83. The molecule has 1 nitrogen and oxygen atoms in total. The molecule has 1 N–H and O–H groups in total. The number of aryl methyl sites for hydroxylation is 3. The van der Waals surface area contributed by atoms with E-state index in [1.165, 1.54) is 22.4 Å². The summed E-state index contributed by atoms with van der Waals surface area (Å²) in [7, 11) is 0. The second-order valence-corrected chi connectivity index (χ2v) is 5.40. The third kappa shape index (κ3) is 2.35. The van der Waals surface area contributed by atoms with Crippen molar-refractivity contribution in [2.45, 2.75) is 32.7 Å². The zero-order valence-corrected chi connectivity index (χ0v) is 11.3. The van der Waals surface area contributed by atoms with E-state index in [1.54, 1.807) is 12.1 Å². The van der Waals surface area contributed by atoms with Gasteiger partial charge < -0.3 is 5.32 Å². The first-order valence-electron chi connectivity index (χ1n) is 6.75. The van der Waals surface area contributed by atoms with E-state index in [4.69, 9.17) is 0 Å². The number of nitrogens with one attached hydrogen (secondary N) is 1. The Bertz CT molecular complexity index is 619. The smallest absolute Gasteiger partial charge is 0.123 e. The van der Waals surface area contributed by atoms with E-state index in [0.717, 1.165) is 18.4 Å². The predicted octanol–water partition coefficient (Wildman–Crippen LogP) is 4.54. The van der Waals surface area contributed by atoms with Gasteiger partial charge in [0.15, 0.2) is 0 Å². The van der Waals surface area contributed by atoms with E-state index in [0.29, 0.717) is 6.04 Å². The van der Waals surface area contributed by atoms with Crippen molar-refractivity contribution >= 4 is 5.69 Å². The van der Waals surface area contributed by atoms with Crippen molar-refractivity contribution in [3.8, 4) is 0 Å². The number of hydrogen-bond acceptors (Lipinski definition) is 1. The third-order valence-electron chi connectivity index (χ3n) is 3.91. The van der Waals surface area contributed by atoms with E-state index in [2.05, 4.69) is 37.4 Å². The highest BCUT2D eigenvalue weighted by Crippen LogP contribution is 2.35. The molecular weight excluding hydrogens is 237 g/mol. The predicted molar refractivity (Wildman–Crippen MR) is 77.0 cm³/mol. The van der Waals surface area contributed by atoms with E-state index in [9.17, 15) is 4.39 Å². The van der Waals surface area contributed by atoms with Crippen molar-refractivity contribution < 1.29 is 4.39 Å². The summed E-state index contributed by atoms with van der Waals surface area (Å²) in [4.78, 5) is 0. The number of rotatable bonds is 2. The van der Waals surface area contributed by atoms with E-state index >= 15 is 0 Å². The Morgan fingerprint density at radius 1 is 1.11 bits per heavy atom. The average molecular weight is 255 g/mol. The highest BCUT2D eigenvalue weighted by atomic mass is 19.1. The summed E-state index contributed by atoms with van der Waals surface area (Å²) in [6, 6.07) is 11.9. The van der Waals surface area contributed by atoms with Gasteiger partial charge in [0.25, 0.3) is 0 Å². The molecule has 0 aliphatic heterocycles. The van der Waals surface area contributed by atoms with Crippen LogP contribution in [0, 0.1) is 19.7 Å². The number of halogens is 1. The zero-order valence-electron chi connectivity index (χ0n) is 11.3.